The van der Waals surface area contributed by atoms with Crippen molar-refractivity contribution in [2.45, 2.75) is 44.7 Å². The van der Waals surface area contributed by atoms with Crippen LogP contribution >= 0.6 is 0 Å². The molecule has 2 fully saturated rings. The van der Waals surface area contributed by atoms with Gasteiger partial charge in [-0.05, 0) is 19.8 Å². The molecule has 2 atom stereocenters. The first-order chi connectivity index (χ1) is 8.77. The molecule has 1 N–H and O–H groups in total. The molecular weight excluding hydrogens is 268 g/mol. The van der Waals surface area contributed by atoms with Crippen LogP contribution in [0.5, 0.6) is 0 Å². The Morgan fingerprint density at radius 3 is 2.63 bits per heavy atom. The average Bonchev–Trinajstić information content (AvgIpc) is 2.51. The third-order valence-electron chi connectivity index (χ3n) is 4.00. The molecule has 0 saturated carbocycles. The normalized spacial score (nSPS) is 35.1. The Morgan fingerprint density at radius 2 is 2.11 bits per heavy atom. The molecule has 0 spiro atoms. The van der Waals surface area contributed by atoms with E-state index in [1.165, 1.54) is 0 Å². The molecule has 0 bridgehead atoms. The van der Waals surface area contributed by atoms with Gasteiger partial charge in [-0.15, -0.1) is 0 Å². The zero-order valence-electron chi connectivity index (χ0n) is 11.3. The summed E-state index contributed by atoms with van der Waals surface area (Å²) in [5, 5.41) is 2.69. The zero-order valence-corrected chi connectivity index (χ0v) is 12.1. The van der Waals surface area contributed by atoms with Gasteiger partial charge in [0.1, 0.15) is 6.04 Å². The van der Waals surface area contributed by atoms with Crippen LogP contribution in [0.1, 0.15) is 33.1 Å². The third-order valence-corrected chi connectivity index (χ3v) is 5.89. The maximum Gasteiger partial charge on any atom is 0.245 e. The third kappa shape index (κ3) is 2.75. The minimum absolute atomic E-state index is 0.00361. The second kappa shape index (κ2) is 4.77. The minimum atomic E-state index is -3.08. The lowest BCUT2D eigenvalue weighted by molar-refractivity contribution is -0.138. The van der Waals surface area contributed by atoms with Gasteiger partial charge < -0.3 is 10.2 Å². The van der Waals surface area contributed by atoms with E-state index in [2.05, 4.69) is 5.32 Å². The zero-order chi connectivity index (χ0) is 14.3. The van der Waals surface area contributed by atoms with Crippen LogP contribution in [0, 0.1) is 0 Å². The summed E-state index contributed by atoms with van der Waals surface area (Å²) < 4.78 is 23.4. The molecule has 108 valence electrons. The van der Waals surface area contributed by atoms with Gasteiger partial charge in [-0.25, -0.2) is 8.42 Å². The van der Waals surface area contributed by atoms with E-state index in [9.17, 15) is 18.0 Å². The van der Waals surface area contributed by atoms with Crippen LogP contribution in [0.15, 0.2) is 0 Å². The fourth-order valence-corrected chi connectivity index (χ4v) is 5.00. The van der Waals surface area contributed by atoms with Crippen molar-refractivity contribution in [3.63, 3.8) is 0 Å². The summed E-state index contributed by atoms with van der Waals surface area (Å²) in [6, 6.07) is -0.532. The summed E-state index contributed by atoms with van der Waals surface area (Å²) in [6.45, 7) is 3.94. The number of hydrogen-bond acceptors (Lipinski definition) is 4. The maximum atomic E-state index is 12.4. The topological polar surface area (TPSA) is 83.6 Å². The highest BCUT2D eigenvalue weighted by Crippen LogP contribution is 2.31. The first-order valence-electron chi connectivity index (χ1n) is 6.59. The highest BCUT2D eigenvalue weighted by atomic mass is 32.2. The number of carbonyl (C=O) groups is 2. The smallest absolute Gasteiger partial charge is 0.245 e. The fraction of sp³-hybridized carbons (Fsp3) is 0.833. The predicted octanol–water partition coefficient (Wildman–Crippen LogP) is -0.309. The molecule has 2 amide bonds. The highest BCUT2D eigenvalue weighted by molar-refractivity contribution is 7.91. The molecule has 0 aromatic rings. The van der Waals surface area contributed by atoms with E-state index in [0.29, 0.717) is 19.4 Å². The van der Waals surface area contributed by atoms with Crippen molar-refractivity contribution in [2.24, 2.45) is 0 Å². The lowest BCUT2D eigenvalue weighted by Crippen LogP contribution is -2.55. The lowest BCUT2D eigenvalue weighted by Gasteiger charge is -2.37. The molecule has 2 aliphatic heterocycles. The van der Waals surface area contributed by atoms with E-state index < -0.39 is 21.4 Å². The van der Waals surface area contributed by atoms with Gasteiger partial charge in [-0.1, -0.05) is 6.92 Å². The standard InChI is InChI=1S/C12H20N2O4S/c1-3-9-11(16)14(6-4-10(15)13-9)12(2)5-7-19(17,18)8-12/h9H,3-8H2,1-2H3,(H,13,15). The summed E-state index contributed by atoms with van der Waals surface area (Å²) in [7, 11) is -3.08. The molecule has 0 aromatic heterocycles. The van der Waals surface area contributed by atoms with Gasteiger partial charge in [0, 0.05) is 13.0 Å². The Bertz CT molecular complexity index is 502. The molecule has 0 aliphatic carbocycles. The Labute approximate surface area is 113 Å². The van der Waals surface area contributed by atoms with Crippen LogP contribution in [0.4, 0.5) is 0 Å². The number of sulfone groups is 1. The van der Waals surface area contributed by atoms with Gasteiger partial charge in [0.25, 0.3) is 0 Å². The summed E-state index contributed by atoms with van der Waals surface area (Å²) in [6.07, 6.45) is 1.20. The first kappa shape index (κ1) is 14.3. The van der Waals surface area contributed by atoms with Gasteiger partial charge >= 0.3 is 0 Å². The monoisotopic (exact) mass is 288 g/mol. The van der Waals surface area contributed by atoms with Crippen LogP contribution in [0.25, 0.3) is 0 Å². The maximum absolute atomic E-state index is 12.4. The first-order valence-corrected chi connectivity index (χ1v) is 8.41. The summed E-state index contributed by atoms with van der Waals surface area (Å²) in [5.74, 6) is -0.193. The van der Waals surface area contributed by atoms with Crippen molar-refractivity contribution in [2.75, 3.05) is 18.1 Å². The van der Waals surface area contributed by atoms with Crippen LogP contribution in [-0.2, 0) is 19.4 Å². The Balaban J connectivity index is 2.27. The van der Waals surface area contributed by atoms with Gasteiger partial charge in [-0.3, -0.25) is 9.59 Å². The highest BCUT2D eigenvalue weighted by Gasteiger charge is 2.46. The molecule has 6 nitrogen and oxygen atoms in total. The summed E-state index contributed by atoms with van der Waals surface area (Å²) in [4.78, 5) is 25.6. The molecule has 19 heavy (non-hydrogen) atoms. The second-order valence-electron chi connectivity index (χ2n) is 5.61. The molecule has 2 aliphatic rings. The van der Waals surface area contributed by atoms with Crippen molar-refractivity contribution in [1.82, 2.24) is 10.2 Å². The quantitative estimate of drug-likeness (QED) is 0.755. The minimum Gasteiger partial charge on any atom is -0.344 e. The summed E-state index contributed by atoms with van der Waals surface area (Å²) in [5.41, 5.74) is -0.671. The average molecular weight is 288 g/mol. The van der Waals surface area contributed by atoms with Crippen molar-refractivity contribution >= 4 is 21.7 Å². The molecular formula is C12H20N2O4S. The van der Waals surface area contributed by atoms with Crippen LogP contribution < -0.4 is 5.32 Å². The SMILES string of the molecule is CCC1NC(=O)CCN(C2(C)CCS(=O)(=O)C2)C1=O. The number of hydrogen-bond donors (Lipinski definition) is 1. The van der Waals surface area contributed by atoms with E-state index in [1.807, 2.05) is 6.92 Å². The largest absolute Gasteiger partial charge is 0.344 e. The van der Waals surface area contributed by atoms with Crippen molar-refractivity contribution in [1.29, 1.82) is 0 Å². The van der Waals surface area contributed by atoms with Gasteiger partial charge in [-0.2, -0.15) is 0 Å². The van der Waals surface area contributed by atoms with E-state index in [4.69, 9.17) is 0 Å². The number of rotatable bonds is 2. The molecule has 2 rings (SSSR count). The predicted molar refractivity (Wildman–Crippen MR) is 70.2 cm³/mol. The number of amides is 2. The number of nitrogens with zero attached hydrogens (tertiary/aromatic N) is 1. The molecule has 0 radical (unpaired) electrons. The molecule has 2 saturated heterocycles. The van der Waals surface area contributed by atoms with E-state index in [-0.39, 0.29) is 29.7 Å². The number of carbonyl (C=O) groups excluding carboxylic acids is 2. The molecule has 7 heteroatoms. The lowest BCUT2D eigenvalue weighted by atomic mass is 9.97. The Kier molecular flexibility index (Phi) is 3.59. The van der Waals surface area contributed by atoms with Gasteiger partial charge in [0.05, 0.1) is 17.0 Å². The van der Waals surface area contributed by atoms with Crippen molar-refractivity contribution < 1.29 is 18.0 Å². The molecule has 2 unspecified atom stereocenters. The fourth-order valence-electron chi connectivity index (χ4n) is 2.86. The Hall–Kier alpha value is -1.11. The van der Waals surface area contributed by atoms with Gasteiger partial charge in [0.2, 0.25) is 11.8 Å². The van der Waals surface area contributed by atoms with Crippen molar-refractivity contribution in [3.8, 4) is 0 Å². The van der Waals surface area contributed by atoms with E-state index in [1.54, 1.807) is 11.8 Å². The van der Waals surface area contributed by atoms with Crippen LogP contribution in [0.2, 0.25) is 0 Å². The number of nitrogens with one attached hydrogen (secondary N) is 1. The van der Waals surface area contributed by atoms with E-state index in [0.717, 1.165) is 0 Å². The Morgan fingerprint density at radius 1 is 1.42 bits per heavy atom. The second-order valence-corrected chi connectivity index (χ2v) is 7.79. The molecule has 2 heterocycles. The summed E-state index contributed by atoms with van der Waals surface area (Å²) >= 11 is 0. The molecule has 0 aromatic carbocycles. The van der Waals surface area contributed by atoms with Crippen molar-refractivity contribution in [3.05, 3.63) is 0 Å². The van der Waals surface area contributed by atoms with Crippen LogP contribution in [0.3, 0.4) is 0 Å². The van der Waals surface area contributed by atoms with E-state index >= 15 is 0 Å². The van der Waals surface area contributed by atoms with Crippen LogP contribution in [-0.4, -0.2) is 54.8 Å². The van der Waals surface area contributed by atoms with Gasteiger partial charge in [0.15, 0.2) is 9.84 Å².